The lowest BCUT2D eigenvalue weighted by Gasteiger charge is -2.12. The summed E-state index contributed by atoms with van der Waals surface area (Å²) in [5, 5.41) is 4.63. The van der Waals surface area contributed by atoms with E-state index < -0.39 is 0 Å². The summed E-state index contributed by atoms with van der Waals surface area (Å²) in [6.45, 7) is 1.24. The molecule has 0 spiro atoms. The Kier molecular flexibility index (Phi) is 4.69. The number of nitrogens with zero attached hydrogens (tertiary/aromatic N) is 5. The van der Waals surface area contributed by atoms with Gasteiger partial charge in [0.1, 0.15) is 12.4 Å². The summed E-state index contributed by atoms with van der Waals surface area (Å²) in [5.74, 6) is 2.71. The summed E-state index contributed by atoms with van der Waals surface area (Å²) < 4.78 is 12.1. The van der Waals surface area contributed by atoms with Gasteiger partial charge in [-0.1, -0.05) is 24.3 Å². The largest absolute Gasteiger partial charge is 0.496 e. The number of rotatable bonds is 6. The van der Waals surface area contributed by atoms with E-state index in [0.29, 0.717) is 43.6 Å². The molecule has 0 unspecified atom stereocenters. The van der Waals surface area contributed by atoms with Crippen LogP contribution in [0.3, 0.4) is 0 Å². The molecule has 4 rings (SSSR count). The summed E-state index contributed by atoms with van der Waals surface area (Å²) in [7, 11) is 1.64. The lowest BCUT2D eigenvalue weighted by molar-refractivity contribution is 0.156. The van der Waals surface area contributed by atoms with Crippen LogP contribution in [0.2, 0.25) is 0 Å². The fraction of sp³-hybridized carbons (Fsp3) is 0.263. The number of aromatic nitrogens is 4. The average Bonchev–Trinajstić information content (AvgIpc) is 3.29. The zero-order valence-electron chi connectivity index (χ0n) is 14.9. The number of cyclic esters (lactones) is 1. The Balaban J connectivity index is 1.68. The summed E-state index contributed by atoms with van der Waals surface area (Å²) in [6, 6.07) is 13.4. The predicted molar refractivity (Wildman–Crippen MR) is 96.7 cm³/mol. The molecule has 0 radical (unpaired) electrons. The number of carbonyl (C=O) groups excluding carboxylic acids is 1. The highest BCUT2D eigenvalue weighted by molar-refractivity contribution is 5.69. The highest BCUT2D eigenvalue weighted by atomic mass is 16.6. The number of methoxy groups -OCH3 is 1. The second-order valence-electron chi connectivity index (χ2n) is 6.07. The number of hydrogen-bond acceptors (Lipinski definition) is 6. The van der Waals surface area contributed by atoms with Crippen LogP contribution in [-0.2, 0) is 17.7 Å². The lowest BCUT2D eigenvalue weighted by Crippen LogP contribution is -2.25. The van der Waals surface area contributed by atoms with E-state index in [1.807, 2.05) is 42.5 Å². The van der Waals surface area contributed by atoms with Crippen molar-refractivity contribution in [3.05, 3.63) is 65.9 Å². The van der Waals surface area contributed by atoms with Gasteiger partial charge in [-0.25, -0.2) is 14.8 Å². The number of carbonyl (C=O) groups is 1. The molecule has 8 nitrogen and oxygen atoms in total. The van der Waals surface area contributed by atoms with Crippen molar-refractivity contribution >= 4 is 6.09 Å². The summed E-state index contributed by atoms with van der Waals surface area (Å²) in [5.41, 5.74) is 0.991. The molecule has 138 valence electrons. The van der Waals surface area contributed by atoms with Gasteiger partial charge in [0.2, 0.25) is 0 Å². The molecular formula is C19H19N5O3. The van der Waals surface area contributed by atoms with Gasteiger partial charge >= 0.3 is 6.09 Å². The van der Waals surface area contributed by atoms with Crippen LogP contribution in [0.5, 0.6) is 5.75 Å². The van der Waals surface area contributed by atoms with Gasteiger partial charge in [-0.2, -0.15) is 4.68 Å². The highest BCUT2D eigenvalue weighted by Gasteiger charge is 2.25. The number of hydrogen-bond donors (Lipinski definition) is 0. The lowest BCUT2D eigenvalue weighted by atomic mass is 10.1. The predicted octanol–water partition coefficient (Wildman–Crippen LogP) is 2.21. The van der Waals surface area contributed by atoms with Crippen molar-refractivity contribution < 1.29 is 14.3 Å². The Bertz CT molecular complexity index is 942. The quantitative estimate of drug-likeness (QED) is 0.666. The first kappa shape index (κ1) is 17.0. The zero-order chi connectivity index (χ0) is 18.6. The minimum atomic E-state index is -0.336. The molecule has 3 heterocycles. The number of benzene rings is 1. The maximum atomic E-state index is 11.8. The Morgan fingerprint density at radius 3 is 2.78 bits per heavy atom. The molecule has 0 bridgehead atoms. The maximum absolute atomic E-state index is 11.8. The van der Waals surface area contributed by atoms with Gasteiger partial charge in [-0.15, -0.1) is 5.10 Å². The molecule has 3 aromatic rings. The fourth-order valence-electron chi connectivity index (χ4n) is 2.99. The van der Waals surface area contributed by atoms with E-state index in [4.69, 9.17) is 9.47 Å². The van der Waals surface area contributed by atoms with E-state index in [-0.39, 0.29) is 6.09 Å². The fourth-order valence-corrected chi connectivity index (χ4v) is 2.99. The van der Waals surface area contributed by atoms with Crippen molar-refractivity contribution in [2.75, 3.05) is 20.3 Å². The second-order valence-corrected chi connectivity index (χ2v) is 6.07. The first-order valence-corrected chi connectivity index (χ1v) is 8.64. The molecule has 0 aliphatic carbocycles. The van der Waals surface area contributed by atoms with Gasteiger partial charge < -0.3 is 9.47 Å². The van der Waals surface area contributed by atoms with Crippen molar-refractivity contribution in [3.8, 4) is 11.6 Å². The second kappa shape index (κ2) is 7.45. The van der Waals surface area contributed by atoms with Crippen LogP contribution >= 0.6 is 0 Å². The summed E-state index contributed by atoms with van der Waals surface area (Å²) >= 11 is 0. The molecule has 1 aliphatic rings. The van der Waals surface area contributed by atoms with Crippen LogP contribution in [0.4, 0.5) is 4.79 Å². The van der Waals surface area contributed by atoms with E-state index in [2.05, 4.69) is 15.1 Å². The standard InChI is InChI=1S/C19H19N5O3/c1-26-15-7-3-2-6-14(15)12-16-21-18(13-23-10-11-27-19(23)25)24(22-16)17-8-4-5-9-20-17/h2-9H,10-13H2,1H3. The van der Waals surface area contributed by atoms with Gasteiger partial charge in [0, 0.05) is 18.2 Å². The topological polar surface area (TPSA) is 82.4 Å². The van der Waals surface area contributed by atoms with Crippen molar-refractivity contribution in [3.63, 3.8) is 0 Å². The van der Waals surface area contributed by atoms with Crippen molar-refractivity contribution in [2.45, 2.75) is 13.0 Å². The average molecular weight is 365 g/mol. The molecule has 1 fully saturated rings. The van der Waals surface area contributed by atoms with E-state index in [0.717, 1.165) is 11.3 Å². The van der Waals surface area contributed by atoms with Crippen LogP contribution in [0, 0.1) is 0 Å². The minimum absolute atomic E-state index is 0.314. The highest BCUT2D eigenvalue weighted by Crippen LogP contribution is 2.21. The van der Waals surface area contributed by atoms with E-state index in [1.165, 1.54) is 0 Å². The third-order valence-corrected chi connectivity index (χ3v) is 4.30. The normalized spacial score (nSPS) is 13.7. The molecule has 0 saturated carbocycles. The molecule has 1 amide bonds. The summed E-state index contributed by atoms with van der Waals surface area (Å²) in [6.07, 6.45) is 1.88. The van der Waals surface area contributed by atoms with Gasteiger partial charge in [0.15, 0.2) is 17.5 Å². The van der Waals surface area contributed by atoms with E-state index in [9.17, 15) is 4.79 Å². The molecule has 1 aromatic carbocycles. The molecule has 0 N–H and O–H groups in total. The minimum Gasteiger partial charge on any atom is -0.496 e. The SMILES string of the molecule is COc1ccccc1Cc1nc(CN2CCOC2=O)n(-c2ccccn2)n1. The molecule has 0 atom stereocenters. The van der Waals surface area contributed by atoms with E-state index >= 15 is 0 Å². The molecule has 8 heteroatoms. The third-order valence-electron chi connectivity index (χ3n) is 4.30. The van der Waals surface area contributed by atoms with Gasteiger partial charge in [-0.05, 0) is 18.2 Å². The monoisotopic (exact) mass is 365 g/mol. The first-order chi connectivity index (χ1) is 13.2. The van der Waals surface area contributed by atoms with Gasteiger partial charge in [-0.3, -0.25) is 4.90 Å². The number of pyridine rings is 1. The van der Waals surface area contributed by atoms with Gasteiger partial charge in [0.05, 0.1) is 20.2 Å². The van der Waals surface area contributed by atoms with Crippen LogP contribution < -0.4 is 4.74 Å². The van der Waals surface area contributed by atoms with Gasteiger partial charge in [0.25, 0.3) is 0 Å². The molecule has 27 heavy (non-hydrogen) atoms. The first-order valence-electron chi connectivity index (χ1n) is 8.64. The van der Waals surface area contributed by atoms with Crippen LogP contribution in [0.15, 0.2) is 48.7 Å². The van der Waals surface area contributed by atoms with Crippen LogP contribution in [0.25, 0.3) is 5.82 Å². The Labute approximate surface area is 156 Å². The number of ether oxygens (including phenoxy) is 2. The van der Waals surface area contributed by atoms with Crippen molar-refractivity contribution in [1.29, 1.82) is 0 Å². The molecule has 2 aromatic heterocycles. The third kappa shape index (κ3) is 3.59. The zero-order valence-corrected chi connectivity index (χ0v) is 14.9. The Morgan fingerprint density at radius 2 is 2.04 bits per heavy atom. The Hall–Kier alpha value is -3.42. The van der Waals surface area contributed by atoms with Crippen molar-refractivity contribution in [1.82, 2.24) is 24.6 Å². The smallest absolute Gasteiger partial charge is 0.410 e. The summed E-state index contributed by atoms with van der Waals surface area (Å²) in [4.78, 5) is 22.4. The molecular weight excluding hydrogens is 346 g/mol. The number of para-hydroxylation sites is 1. The molecule has 1 aliphatic heterocycles. The van der Waals surface area contributed by atoms with Crippen molar-refractivity contribution in [2.24, 2.45) is 0 Å². The van der Waals surface area contributed by atoms with E-state index in [1.54, 1.807) is 22.9 Å². The Morgan fingerprint density at radius 1 is 1.19 bits per heavy atom. The molecule has 1 saturated heterocycles. The van der Waals surface area contributed by atoms with Crippen LogP contribution in [0.1, 0.15) is 17.2 Å². The number of amides is 1. The maximum Gasteiger partial charge on any atom is 0.410 e. The van der Waals surface area contributed by atoms with Crippen LogP contribution in [-0.4, -0.2) is 51.0 Å².